The molecule has 2 amide bonds. The van der Waals surface area contributed by atoms with E-state index in [1.165, 1.54) is 35.4 Å². The van der Waals surface area contributed by atoms with Gasteiger partial charge in [0.15, 0.2) is 11.8 Å². The minimum atomic E-state index is -2.78. The summed E-state index contributed by atoms with van der Waals surface area (Å²) in [6.07, 6.45) is 3.41. The zero-order chi connectivity index (χ0) is 35.3. The van der Waals surface area contributed by atoms with E-state index in [4.69, 9.17) is 21.7 Å². The Kier molecular flexibility index (Phi) is 8.67. The largest absolute Gasteiger partial charge is 0.447 e. The zero-order valence-corrected chi connectivity index (χ0v) is 27.9. The Morgan fingerprint density at radius 1 is 1.14 bits per heavy atom. The molecule has 0 radical (unpaired) electrons. The summed E-state index contributed by atoms with van der Waals surface area (Å²) in [7, 11) is 0. The molecular formula is C33H35ClF3N9O3. The first-order valence-corrected chi connectivity index (χ1v) is 15.8. The number of H-pyrrole nitrogens is 1. The molecule has 49 heavy (non-hydrogen) atoms. The van der Waals surface area contributed by atoms with Gasteiger partial charge in [-0.3, -0.25) is 20.2 Å². The molecular weight excluding hydrogens is 663 g/mol. The number of ether oxygens (including phenoxy) is 1. The number of guanidine groups is 1. The van der Waals surface area contributed by atoms with Gasteiger partial charge in [0.1, 0.15) is 24.1 Å². The maximum Gasteiger partial charge on any atom is 0.410 e. The van der Waals surface area contributed by atoms with Crippen LogP contribution in [0.3, 0.4) is 0 Å². The van der Waals surface area contributed by atoms with Gasteiger partial charge in [0.2, 0.25) is 0 Å². The van der Waals surface area contributed by atoms with Gasteiger partial charge in [-0.05, 0) is 47.6 Å². The van der Waals surface area contributed by atoms with Crippen molar-refractivity contribution in [1.29, 1.82) is 5.41 Å². The highest BCUT2D eigenvalue weighted by Gasteiger charge is 2.55. The Balaban J connectivity index is 1.38. The van der Waals surface area contributed by atoms with Crippen LogP contribution in [0, 0.1) is 10.8 Å². The maximum absolute atomic E-state index is 14.8. The second kappa shape index (κ2) is 12.5. The molecule has 12 nitrogen and oxygen atoms in total. The number of benzene rings is 2. The highest BCUT2D eigenvalue weighted by atomic mass is 35.5. The molecule has 0 unspecified atom stereocenters. The van der Waals surface area contributed by atoms with Crippen LogP contribution in [0.5, 0.6) is 0 Å². The molecule has 0 bridgehead atoms. The molecule has 2 fully saturated rings. The summed E-state index contributed by atoms with van der Waals surface area (Å²) < 4.78 is 46.7. The summed E-state index contributed by atoms with van der Waals surface area (Å²) >= 11 is 6.51. The van der Waals surface area contributed by atoms with Crippen LogP contribution >= 0.6 is 11.6 Å². The molecule has 3 N–H and O–H groups in total. The summed E-state index contributed by atoms with van der Waals surface area (Å²) in [5.74, 6) is -0.329. The number of alkyl halides is 3. The minimum absolute atomic E-state index is 0.124. The third kappa shape index (κ3) is 6.71. The van der Waals surface area contributed by atoms with Gasteiger partial charge in [-0.2, -0.15) is 19.0 Å². The van der Waals surface area contributed by atoms with Crippen molar-refractivity contribution < 1.29 is 27.5 Å². The quantitative estimate of drug-likeness (QED) is 0.186. The molecule has 6 rings (SSSR count). The number of aromatic nitrogens is 5. The summed E-state index contributed by atoms with van der Waals surface area (Å²) in [5.41, 5.74) is -0.767. The number of carbonyl (C=O) groups is 2. The lowest BCUT2D eigenvalue weighted by atomic mass is 9.75. The predicted octanol–water partition coefficient (Wildman–Crippen LogP) is 6.30. The van der Waals surface area contributed by atoms with Crippen molar-refractivity contribution in [3.05, 3.63) is 77.3 Å². The van der Waals surface area contributed by atoms with Gasteiger partial charge < -0.3 is 15.0 Å². The van der Waals surface area contributed by atoms with Crippen LogP contribution < -0.4 is 5.32 Å². The van der Waals surface area contributed by atoms with Gasteiger partial charge in [-0.1, -0.05) is 62.7 Å². The Morgan fingerprint density at radius 3 is 2.45 bits per heavy atom. The van der Waals surface area contributed by atoms with Crippen LogP contribution in [0.1, 0.15) is 57.8 Å². The van der Waals surface area contributed by atoms with E-state index in [0.717, 1.165) is 0 Å². The highest BCUT2D eigenvalue weighted by molar-refractivity contribution is 6.33. The Labute approximate surface area is 285 Å². The average Bonchev–Trinajstić information content (AvgIpc) is 3.78. The van der Waals surface area contributed by atoms with Crippen molar-refractivity contribution in [3.63, 3.8) is 0 Å². The van der Waals surface area contributed by atoms with Crippen LogP contribution in [0.15, 0.2) is 61.2 Å². The van der Waals surface area contributed by atoms with Crippen LogP contribution in [0.2, 0.25) is 5.02 Å². The van der Waals surface area contributed by atoms with Crippen LogP contribution in [0.25, 0.3) is 22.5 Å². The molecule has 16 heteroatoms. The Hall–Kier alpha value is -4.92. The molecule has 4 heterocycles. The fourth-order valence-electron chi connectivity index (χ4n) is 6.38. The zero-order valence-electron chi connectivity index (χ0n) is 27.2. The fourth-order valence-corrected chi connectivity index (χ4v) is 6.59. The SMILES string of the molecule is CC(C)(C)C[C@]1(c2ccc(-c3cnn(C(F)F)c3)cc2)NC(=N)N([C@H](COC(=O)N2CC(C)(F)C2)c2ccc(Cl)c(-c3ncn[nH]3)c2)C1=O. The van der Waals surface area contributed by atoms with Gasteiger partial charge in [0.05, 0.1) is 30.4 Å². The van der Waals surface area contributed by atoms with E-state index in [9.17, 15) is 22.8 Å². The first-order valence-electron chi connectivity index (χ1n) is 15.5. The van der Waals surface area contributed by atoms with Gasteiger partial charge in [0.25, 0.3) is 5.91 Å². The van der Waals surface area contributed by atoms with E-state index in [2.05, 4.69) is 25.6 Å². The average molecular weight is 698 g/mol. The van der Waals surface area contributed by atoms with Crippen LogP contribution in [-0.4, -0.2) is 78.1 Å². The number of carbonyl (C=O) groups excluding carboxylic acids is 2. The number of likely N-dealkylation sites (tertiary alicyclic amines) is 1. The van der Waals surface area contributed by atoms with E-state index >= 15 is 0 Å². The normalized spacial score (nSPS) is 19.6. The minimum Gasteiger partial charge on any atom is -0.447 e. The van der Waals surface area contributed by atoms with Crippen molar-refractivity contribution in [2.45, 2.75) is 57.9 Å². The number of amides is 2. The number of rotatable bonds is 9. The van der Waals surface area contributed by atoms with Crippen LogP contribution in [-0.2, 0) is 15.1 Å². The van der Waals surface area contributed by atoms with Crippen molar-refractivity contribution in [3.8, 4) is 22.5 Å². The van der Waals surface area contributed by atoms with Gasteiger partial charge in [-0.15, -0.1) is 0 Å². The summed E-state index contributed by atoms with van der Waals surface area (Å²) in [5, 5.41) is 23.0. The van der Waals surface area contributed by atoms with Gasteiger partial charge >= 0.3 is 12.6 Å². The van der Waals surface area contributed by atoms with Crippen molar-refractivity contribution in [1.82, 2.24) is 40.1 Å². The molecule has 0 aliphatic carbocycles. The topological polar surface area (TPSA) is 145 Å². The second-order valence-corrected chi connectivity index (χ2v) is 14.2. The second-order valence-electron chi connectivity index (χ2n) is 13.8. The summed E-state index contributed by atoms with van der Waals surface area (Å²) in [4.78, 5) is 34.4. The molecule has 0 spiro atoms. The van der Waals surface area contributed by atoms with Crippen LogP contribution in [0.4, 0.5) is 18.0 Å². The molecule has 2 aromatic heterocycles. The molecule has 2 aliphatic heterocycles. The summed E-state index contributed by atoms with van der Waals surface area (Å²) in [6, 6.07) is 10.8. The van der Waals surface area contributed by atoms with E-state index < -0.39 is 41.2 Å². The number of hydrogen-bond acceptors (Lipinski definition) is 7. The smallest absolute Gasteiger partial charge is 0.410 e. The Bertz CT molecular complexity index is 1870. The maximum atomic E-state index is 14.8. The monoisotopic (exact) mass is 697 g/mol. The molecule has 2 aliphatic rings. The van der Waals surface area contributed by atoms with E-state index in [1.54, 1.807) is 42.5 Å². The molecule has 0 saturated carbocycles. The molecule has 2 saturated heterocycles. The van der Waals surface area contributed by atoms with Crippen molar-refractivity contribution >= 4 is 29.6 Å². The van der Waals surface area contributed by atoms with E-state index in [0.29, 0.717) is 43.3 Å². The first-order chi connectivity index (χ1) is 23.1. The predicted molar refractivity (Wildman–Crippen MR) is 174 cm³/mol. The third-order valence-corrected chi connectivity index (χ3v) is 8.82. The molecule has 4 aromatic rings. The van der Waals surface area contributed by atoms with E-state index in [-0.39, 0.29) is 32.1 Å². The lowest BCUT2D eigenvalue weighted by Gasteiger charge is -2.41. The lowest BCUT2D eigenvalue weighted by Crippen LogP contribution is -2.59. The van der Waals surface area contributed by atoms with Crippen molar-refractivity contribution in [2.75, 3.05) is 19.7 Å². The number of nitrogens with one attached hydrogen (secondary N) is 3. The number of aromatic amines is 1. The van der Waals surface area contributed by atoms with E-state index in [1.807, 2.05) is 20.8 Å². The Morgan fingerprint density at radius 2 is 1.86 bits per heavy atom. The lowest BCUT2D eigenvalue weighted by molar-refractivity contribution is -0.135. The highest BCUT2D eigenvalue weighted by Crippen LogP contribution is 2.43. The number of nitrogens with zero attached hydrogens (tertiary/aromatic N) is 6. The molecule has 2 aromatic carbocycles. The fraction of sp³-hybridized carbons (Fsp3) is 0.394. The first kappa shape index (κ1) is 34.0. The van der Waals surface area contributed by atoms with Gasteiger partial charge in [0, 0.05) is 17.3 Å². The standard InChI is InChI=1S/C33H35ClF3N9O3/c1-31(2,3)15-33(22-8-5-19(6-9-22)21-12-41-45(13-21)28(35)36)27(47)46(29(38)42-33)25(14-49-30(48)44-16-32(4,37)17-44)20-7-10-24(34)23(11-20)26-39-18-40-43-26/h5-13,18,25,28H,14-17H2,1-4H3,(H2,38,42)(H,39,40,43)/t25-,33-/m1/s1. The third-order valence-electron chi connectivity index (χ3n) is 8.49. The summed E-state index contributed by atoms with van der Waals surface area (Å²) in [6.45, 7) is 3.91. The van der Waals surface area contributed by atoms with Gasteiger partial charge in [-0.25, -0.2) is 18.9 Å². The molecule has 2 atom stereocenters. The molecule has 258 valence electrons. The van der Waals surface area contributed by atoms with Crippen molar-refractivity contribution in [2.24, 2.45) is 5.41 Å². The number of halogens is 4. The number of hydrogen-bond donors (Lipinski definition) is 3.